The Morgan fingerprint density at radius 2 is 2.32 bits per heavy atom. The molecule has 0 radical (unpaired) electrons. The Hall–Kier alpha value is -2.70. The number of likely N-dealkylation sites (tertiary alicyclic amines) is 1. The molecule has 3 rings (SSSR count). The number of nitrogens with one attached hydrogen (secondary N) is 1. The zero-order valence-corrected chi connectivity index (χ0v) is 14.5. The summed E-state index contributed by atoms with van der Waals surface area (Å²) >= 11 is 0. The standard InChI is InChI=1S/C18H22N4O3/c1-3-25-17-14(7-4-8-19-17)18(24)22-9-5-6-13(11-22)15-10-16(23)21-12(2)20-15/h4,7-8,10,13H,3,5-6,9,11H2,1-2H3,(H,20,21,23)/t13-/m1/s1. The molecule has 3 heterocycles. The third-order valence-corrected chi connectivity index (χ3v) is 4.29. The summed E-state index contributed by atoms with van der Waals surface area (Å²) in [5, 5.41) is 0. The van der Waals surface area contributed by atoms with Gasteiger partial charge < -0.3 is 14.6 Å². The van der Waals surface area contributed by atoms with Gasteiger partial charge >= 0.3 is 0 Å². The maximum Gasteiger partial charge on any atom is 0.259 e. The molecule has 25 heavy (non-hydrogen) atoms. The molecular weight excluding hydrogens is 320 g/mol. The van der Waals surface area contributed by atoms with Gasteiger partial charge in [-0.3, -0.25) is 9.59 Å². The zero-order valence-electron chi connectivity index (χ0n) is 14.5. The van der Waals surface area contributed by atoms with Crippen LogP contribution >= 0.6 is 0 Å². The van der Waals surface area contributed by atoms with E-state index in [-0.39, 0.29) is 17.4 Å². The number of amides is 1. The lowest BCUT2D eigenvalue weighted by atomic mass is 9.94. The average Bonchev–Trinajstić information content (AvgIpc) is 2.61. The summed E-state index contributed by atoms with van der Waals surface area (Å²) in [6, 6.07) is 5.00. The highest BCUT2D eigenvalue weighted by Crippen LogP contribution is 2.27. The predicted molar refractivity (Wildman–Crippen MR) is 92.9 cm³/mol. The van der Waals surface area contributed by atoms with Gasteiger partial charge in [-0.15, -0.1) is 0 Å². The molecule has 132 valence electrons. The number of aromatic amines is 1. The number of carbonyl (C=O) groups is 1. The number of aryl methyl sites for hydroxylation is 1. The van der Waals surface area contributed by atoms with E-state index in [0.29, 0.717) is 37.0 Å². The highest BCUT2D eigenvalue weighted by atomic mass is 16.5. The topological polar surface area (TPSA) is 88.2 Å². The molecule has 1 saturated heterocycles. The quantitative estimate of drug-likeness (QED) is 0.917. The van der Waals surface area contributed by atoms with Crippen molar-refractivity contribution < 1.29 is 9.53 Å². The molecule has 2 aromatic heterocycles. The number of pyridine rings is 1. The molecule has 0 bridgehead atoms. The van der Waals surface area contributed by atoms with Crippen molar-refractivity contribution in [2.45, 2.75) is 32.6 Å². The number of nitrogens with zero attached hydrogens (tertiary/aromatic N) is 3. The van der Waals surface area contributed by atoms with Gasteiger partial charge in [0.05, 0.1) is 12.3 Å². The van der Waals surface area contributed by atoms with Gasteiger partial charge in [-0.2, -0.15) is 0 Å². The van der Waals surface area contributed by atoms with Gasteiger partial charge in [-0.05, 0) is 38.8 Å². The first-order valence-corrected chi connectivity index (χ1v) is 8.53. The van der Waals surface area contributed by atoms with Gasteiger partial charge in [0.2, 0.25) is 5.88 Å². The van der Waals surface area contributed by atoms with Gasteiger partial charge in [-0.1, -0.05) is 0 Å². The van der Waals surface area contributed by atoms with Gasteiger partial charge in [0, 0.05) is 31.3 Å². The summed E-state index contributed by atoms with van der Waals surface area (Å²) in [5.74, 6) is 0.924. The predicted octanol–water partition coefficient (Wildman–Crippen LogP) is 1.89. The maximum atomic E-state index is 12.9. The highest BCUT2D eigenvalue weighted by Gasteiger charge is 2.28. The van der Waals surface area contributed by atoms with Gasteiger partial charge in [0.25, 0.3) is 11.5 Å². The van der Waals surface area contributed by atoms with E-state index in [1.54, 1.807) is 30.2 Å². The van der Waals surface area contributed by atoms with Crippen LogP contribution in [0.15, 0.2) is 29.2 Å². The number of piperidine rings is 1. The molecule has 0 unspecified atom stereocenters. The van der Waals surface area contributed by atoms with Crippen LogP contribution in [0.3, 0.4) is 0 Å². The van der Waals surface area contributed by atoms with Crippen molar-refractivity contribution in [3.05, 3.63) is 51.8 Å². The first kappa shape index (κ1) is 17.1. The van der Waals surface area contributed by atoms with Gasteiger partial charge in [0.1, 0.15) is 11.4 Å². The number of carbonyl (C=O) groups excluding carboxylic acids is 1. The van der Waals surface area contributed by atoms with E-state index < -0.39 is 0 Å². The highest BCUT2D eigenvalue weighted by molar-refractivity contribution is 5.96. The van der Waals surface area contributed by atoms with Crippen molar-refractivity contribution >= 4 is 5.91 Å². The number of hydrogen-bond donors (Lipinski definition) is 1. The zero-order chi connectivity index (χ0) is 17.8. The SMILES string of the molecule is CCOc1ncccc1C(=O)N1CCC[C@@H](c2cc(=O)[nH]c(C)n2)C1. The van der Waals surface area contributed by atoms with Gasteiger partial charge in [-0.25, -0.2) is 9.97 Å². The van der Waals surface area contributed by atoms with Crippen LogP contribution in [-0.2, 0) is 0 Å². The van der Waals surface area contributed by atoms with Gasteiger partial charge in [0.15, 0.2) is 0 Å². The number of rotatable bonds is 4. The fourth-order valence-electron chi connectivity index (χ4n) is 3.19. The Morgan fingerprint density at radius 1 is 1.48 bits per heavy atom. The third kappa shape index (κ3) is 3.87. The second-order valence-electron chi connectivity index (χ2n) is 6.14. The van der Waals surface area contributed by atoms with Crippen LogP contribution in [0.2, 0.25) is 0 Å². The minimum absolute atomic E-state index is 0.0610. The molecule has 1 fully saturated rings. The van der Waals surface area contributed by atoms with Crippen LogP contribution in [0.25, 0.3) is 0 Å². The van der Waals surface area contributed by atoms with Crippen molar-refractivity contribution in [2.75, 3.05) is 19.7 Å². The van der Waals surface area contributed by atoms with Crippen LogP contribution in [0, 0.1) is 6.92 Å². The normalized spacial score (nSPS) is 17.4. The lowest BCUT2D eigenvalue weighted by molar-refractivity contribution is 0.0700. The summed E-state index contributed by atoms with van der Waals surface area (Å²) in [4.78, 5) is 37.7. The first-order chi connectivity index (χ1) is 12.1. The van der Waals surface area contributed by atoms with E-state index in [1.165, 1.54) is 6.07 Å². The monoisotopic (exact) mass is 342 g/mol. The Morgan fingerprint density at radius 3 is 3.08 bits per heavy atom. The second kappa shape index (κ2) is 7.46. The van der Waals surface area contributed by atoms with E-state index in [0.717, 1.165) is 18.5 Å². The lowest BCUT2D eigenvalue weighted by Gasteiger charge is -2.32. The molecule has 1 aliphatic rings. The lowest BCUT2D eigenvalue weighted by Crippen LogP contribution is -2.39. The molecule has 2 aromatic rings. The minimum atomic E-state index is -0.156. The number of H-pyrrole nitrogens is 1. The van der Waals surface area contributed by atoms with E-state index in [1.807, 2.05) is 6.92 Å². The Balaban J connectivity index is 1.81. The maximum absolute atomic E-state index is 12.9. The molecular formula is C18H22N4O3. The fourth-order valence-corrected chi connectivity index (χ4v) is 3.19. The molecule has 1 amide bonds. The molecule has 0 aromatic carbocycles. The van der Waals surface area contributed by atoms with Crippen molar-refractivity contribution in [1.29, 1.82) is 0 Å². The van der Waals surface area contributed by atoms with E-state index >= 15 is 0 Å². The number of ether oxygens (including phenoxy) is 1. The Labute approximate surface area is 146 Å². The summed E-state index contributed by atoms with van der Waals surface area (Å²) in [6.07, 6.45) is 3.39. The molecule has 0 aliphatic carbocycles. The van der Waals surface area contributed by atoms with Crippen LogP contribution < -0.4 is 10.3 Å². The van der Waals surface area contributed by atoms with Crippen molar-refractivity contribution in [2.24, 2.45) is 0 Å². The molecule has 1 aliphatic heterocycles. The number of hydrogen-bond acceptors (Lipinski definition) is 5. The van der Waals surface area contributed by atoms with Crippen LogP contribution in [0.5, 0.6) is 5.88 Å². The summed E-state index contributed by atoms with van der Waals surface area (Å²) in [5.41, 5.74) is 1.06. The number of aromatic nitrogens is 3. The summed E-state index contributed by atoms with van der Waals surface area (Å²) < 4.78 is 5.48. The molecule has 1 N–H and O–H groups in total. The smallest absolute Gasteiger partial charge is 0.259 e. The van der Waals surface area contributed by atoms with Crippen molar-refractivity contribution in [3.8, 4) is 5.88 Å². The van der Waals surface area contributed by atoms with Crippen LogP contribution in [0.4, 0.5) is 0 Å². The van der Waals surface area contributed by atoms with Crippen LogP contribution in [-0.4, -0.2) is 45.5 Å². The molecule has 1 atom stereocenters. The van der Waals surface area contributed by atoms with Crippen molar-refractivity contribution in [1.82, 2.24) is 19.9 Å². The first-order valence-electron chi connectivity index (χ1n) is 8.53. The van der Waals surface area contributed by atoms with E-state index in [9.17, 15) is 9.59 Å². The summed E-state index contributed by atoms with van der Waals surface area (Å²) in [7, 11) is 0. The molecule has 7 heteroatoms. The third-order valence-electron chi connectivity index (χ3n) is 4.29. The Kier molecular flexibility index (Phi) is 5.11. The largest absolute Gasteiger partial charge is 0.477 e. The molecule has 7 nitrogen and oxygen atoms in total. The van der Waals surface area contributed by atoms with Crippen LogP contribution in [0.1, 0.15) is 47.6 Å². The summed E-state index contributed by atoms with van der Waals surface area (Å²) in [6.45, 7) is 5.30. The Bertz CT molecular complexity index is 818. The van der Waals surface area contributed by atoms with E-state index in [2.05, 4.69) is 15.0 Å². The minimum Gasteiger partial charge on any atom is -0.477 e. The molecule has 0 saturated carbocycles. The second-order valence-corrected chi connectivity index (χ2v) is 6.14. The molecule has 0 spiro atoms. The average molecular weight is 342 g/mol. The van der Waals surface area contributed by atoms with E-state index in [4.69, 9.17) is 4.74 Å². The van der Waals surface area contributed by atoms with Crippen molar-refractivity contribution in [3.63, 3.8) is 0 Å². The fraction of sp³-hybridized carbons (Fsp3) is 0.444.